The molecule has 0 amide bonds. The first kappa shape index (κ1) is 14.6. The summed E-state index contributed by atoms with van der Waals surface area (Å²) in [6.07, 6.45) is 2.24. The van der Waals surface area contributed by atoms with Gasteiger partial charge in [-0.25, -0.2) is 0 Å². The monoisotopic (exact) mass is 279 g/mol. The Kier molecular flexibility index (Phi) is 4.79. The highest BCUT2D eigenvalue weighted by Gasteiger charge is 2.18. The zero-order valence-corrected chi connectivity index (χ0v) is 12.0. The normalized spacial score (nSPS) is 18.6. The van der Waals surface area contributed by atoms with Crippen molar-refractivity contribution in [3.63, 3.8) is 0 Å². The molecule has 1 aliphatic heterocycles. The van der Waals surface area contributed by atoms with Gasteiger partial charge >= 0.3 is 0 Å². The number of hydrogen-bond donors (Lipinski definition) is 1. The number of ether oxygens (including phenoxy) is 1. The molecular formula is C14H21N3O3. The van der Waals surface area contributed by atoms with Crippen molar-refractivity contribution in [3.05, 3.63) is 28.3 Å². The van der Waals surface area contributed by atoms with E-state index in [0.29, 0.717) is 5.92 Å². The summed E-state index contributed by atoms with van der Waals surface area (Å²) in [7, 11) is 3.73. The molecule has 1 saturated heterocycles. The average Bonchev–Trinajstić information content (AvgIpc) is 2.47. The molecule has 0 radical (unpaired) electrons. The fourth-order valence-corrected chi connectivity index (χ4v) is 2.51. The Hall–Kier alpha value is -1.82. The number of nitrogens with one attached hydrogen (secondary N) is 1. The topological polar surface area (TPSA) is 67.6 Å². The van der Waals surface area contributed by atoms with Gasteiger partial charge < -0.3 is 15.0 Å². The molecule has 1 N–H and O–H groups in total. The highest BCUT2D eigenvalue weighted by atomic mass is 16.6. The number of anilines is 2. The average molecular weight is 279 g/mol. The van der Waals surface area contributed by atoms with Crippen LogP contribution < -0.4 is 10.2 Å². The Morgan fingerprint density at radius 1 is 1.50 bits per heavy atom. The van der Waals surface area contributed by atoms with Crippen LogP contribution >= 0.6 is 0 Å². The molecule has 20 heavy (non-hydrogen) atoms. The molecule has 1 aromatic carbocycles. The second-order valence-corrected chi connectivity index (χ2v) is 5.21. The van der Waals surface area contributed by atoms with Gasteiger partial charge in [0.05, 0.1) is 11.5 Å². The number of non-ortho nitro benzene ring substituents is 1. The first-order valence-electron chi connectivity index (χ1n) is 6.86. The van der Waals surface area contributed by atoms with E-state index < -0.39 is 0 Å². The number of nitrogens with zero attached hydrogens (tertiary/aromatic N) is 2. The van der Waals surface area contributed by atoms with Gasteiger partial charge in [0.25, 0.3) is 5.69 Å². The zero-order chi connectivity index (χ0) is 14.5. The molecule has 0 spiro atoms. The maximum Gasteiger partial charge on any atom is 0.273 e. The van der Waals surface area contributed by atoms with Crippen LogP contribution in [0, 0.1) is 16.0 Å². The summed E-state index contributed by atoms with van der Waals surface area (Å²) in [5.74, 6) is 0.492. The summed E-state index contributed by atoms with van der Waals surface area (Å²) < 4.78 is 5.48. The maximum absolute atomic E-state index is 11.0. The molecule has 1 atom stereocenters. The lowest BCUT2D eigenvalue weighted by Crippen LogP contribution is -2.30. The minimum Gasteiger partial charge on any atom is -0.388 e. The van der Waals surface area contributed by atoms with E-state index in [0.717, 1.165) is 44.0 Å². The second-order valence-electron chi connectivity index (χ2n) is 5.21. The third kappa shape index (κ3) is 3.60. The largest absolute Gasteiger partial charge is 0.388 e. The summed E-state index contributed by atoms with van der Waals surface area (Å²) in [6.45, 7) is 2.48. The van der Waals surface area contributed by atoms with E-state index in [1.807, 2.05) is 13.1 Å². The SMILES string of the molecule is CNc1cc(N(C)CC2CCCOC2)cc([N+](=O)[O-])c1. The van der Waals surface area contributed by atoms with E-state index in [4.69, 9.17) is 4.74 Å². The first-order chi connectivity index (χ1) is 9.60. The molecule has 6 nitrogen and oxygen atoms in total. The second kappa shape index (κ2) is 6.56. The quantitative estimate of drug-likeness (QED) is 0.662. The van der Waals surface area contributed by atoms with Crippen LogP contribution in [0.3, 0.4) is 0 Å². The molecule has 0 saturated carbocycles. The predicted molar refractivity (Wildman–Crippen MR) is 79.5 cm³/mol. The molecule has 1 heterocycles. The minimum absolute atomic E-state index is 0.110. The lowest BCUT2D eigenvalue weighted by Gasteiger charge is -2.28. The Bertz CT molecular complexity index is 473. The van der Waals surface area contributed by atoms with Crippen molar-refractivity contribution in [2.75, 3.05) is 44.1 Å². The van der Waals surface area contributed by atoms with Gasteiger partial charge in [0, 0.05) is 50.8 Å². The lowest BCUT2D eigenvalue weighted by atomic mass is 10.0. The van der Waals surface area contributed by atoms with Gasteiger partial charge in [0.1, 0.15) is 0 Å². The van der Waals surface area contributed by atoms with Gasteiger partial charge in [-0.2, -0.15) is 0 Å². The van der Waals surface area contributed by atoms with Crippen molar-refractivity contribution >= 4 is 17.1 Å². The summed E-state index contributed by atoms with van der Waals surface area (Å²) in [5, 5.41) is 13.9. The van der Waals surface area contributed by atoms with Gasteiger partial charge in [0.2, 0.25) is 0 Å². The predicted octanol–water partition coefficient (Wildman–Crippen LogP) is 2.50. The van der Waals surface area contributed by atoms with Crippen molar-refractivity contribution in [2.24, 2.45) is 5.92 Å². The standard InChI is InChI=1S/C14H21N3O3/c1-15-12-6-13(8-14(7-12)17(18)19)16(2)9-11-4-3-5-20-10-11/h6-8,11,15H,3-5,9-10H2,1-2H3. The molecule has 110 valence electrons. The van der Waals surface area contributed by atoms with Crippen LogP contribution in [-0.2, 0) is 4.74 Å². The molecule has 0 aliphatic carbocycles. The molecule has 1 fully saturated rings. The van der Waals surface area contributed by atoms with Crippen LogP contribution in [0.15, 0.2) is 18.2 Å². The van der Waals surface area contributed by atoms with Crippen LogP contribution in [0.5, 0.6) is 0 Å². The third-order valence-electron chi connectivity index (χ3n) is 3.63. The molecule has 2 rings (SSSR count). The van der Waals surface area contributed by atoms with E-state index in [1.54, 1.807) is 19.2 Å². The van der Waals surface area contributed by atoms with Crippen LogP contribution in [0.4, 0.5) is 17.1 Å². The molecule has 0 bridgehead atoms. The number of rotatable bonds is 5. The van der Waals surface area contributed by atoms with Crippen LogP contribution in [0.25, 0.3) is 0 Å². The van der Waals surface area contributed by atoms with Gasteiger partial charge in [-0.1, -0.05) is 0 Å². The molecule has 6 heteroatoms. The fourth-order valence-electron chi connectivity index (χ4n) is 2.51. The van der Waals surface area contributed by atoms with Crippen LogP contribution in [0.2, 0.25) is 0 Å². The van der Waals surface area contributed by atoms with E-state index >= 15 is 0 Å². The van der Waals surface area contributed by atoms with E-state index in [1.165, 1.54) is 0 Å². The highest BCUT2D eigenvalue weighted by Crippen LogP contribution is 2.27. The Balaban J connectivity index is 2.13. The summed E-state index contributed by atoms with van der Waals surface area (Å²) >= 11 is 0. The lowest BCUT2D eigenvalue weighted by molar-refractivity contribution is -0.384. The van der Waals surface area contributed by atoms with E-state index in [9.17, 15) is 10.1 Å². The summed E-state index contributed by atoms with van der Waals surface area (Å²) in [6, 6.07) is 5.09. The van der Waals surface area contributed by atoms with Crippen molar-refractivity contribution < 1.29 is 9.66 Å². The minimum atomic E-state index is -0.359. The zero-order valence-electron chi connectivity index (χ0n) is 12.0. The van der Waals surface area contributed by atoms with Gasteiger partial charge in [-0.05, 0) is 24.8 Å². The number of nitro groups is 1. The smallest absolute Gasteiger partial charge is 0.273 e. The van der Waals surface area contributed by atoms with Crippen LogP contribution in [0.1, 0.15) is 12.8 Å². The molecule has 1 unspecified atom stereocenters. The van der Waals surface area contributed by atoms with Crippen molar-refractivity contribution in [3.8, 4) is 0 Å². The van der Waals surface area contributed by atoms with Gasteiger partial charge in [-0.15, -0.1) is 0 Å². The van der Waals surface area contributed by atoms with Crippen LogP contribution in [-0.4, -0.2) is 38.8 Å². The first-order valence-corrected chi connectivity index (χ1v) is 6.86. The van der Waals surface area contributed by atoms with E-state index in [2.05, 4.69) is 10.2 Å². The van der Waals surface area contributed by atoms with Crippen molar-refractivity contribution in [1.29, 1.82) is 0 Å². The Labute approximate surface area is 118 Å². The summed E-state index contributed by atoms with van der Waals surface area (Å²) in [4.78, 5) is 12.7. The molecular weight excluding hydrogens is 258 g/mol. The van der Waals surface area contributed by atoms with Gasteiger partial charge in [0.15, 0.2) is 0 Å². The van der Waals surface area contributed by atoms with E-state index in [-0.39, 0.29) is 10.6 Å². The number of hydrogen-bond acceptors (Lipinski definition) is 5. The van der Waals surface area contributed by atoms with Crippen molar-refractivity contribution in [1.82, 2.24) is 0 Å². The molecule has 0 aromatic heterocycles. The highest BCUT2D eigenvalue weighted by molar-refractivity contribution is 5.64. The maximum atomic E-state index is 11.0. The third-order valence-corrected chi connectivity index (χ3v) is 3.63. The number of benzene rings is 1. The van der Waals surface area contributed by atoms with Crippen molar-refractivity contribution in [2.45, 2.75) is 12.8 Å². The fraction of sp³-hybridized carbons (Fsp3) is 0.571. The Morgan fingerprint density at radius 3 is 2.90 bits per heavy atom. The molecule has 1 aliphatic rings. The number of nitro benzene ring substituents is 1. The van der Waals surface area contributed by atoms with Gasteiger partial charge in [-0.3, -0.25) is 10.1 Å². The Morgan fingerprint density at radius 2 is 2.30 bits per heavy atom. The molecule has 1 aromatic rings. The summed E-state index contributed by atoms with van der Waals surface area (Å²) in [5.41, 5.74) is 1.72.